The number of hydrogen-bond acceptors (Lipinski definition) is 3. The molecule has 98 valence electrons. The third kappa shape index (κ3) is 7.16. The van der Waals surface area contributed by atoms with Crippen LogP contribution in [0.3, 0.4) is 0 Å². The molecule has 0 bridgehead atoms. The first-order valence-electron chi connectivity index (χ1n) is 5.36. The van der Waals surface area contributed by atoms with Crippen molar-refractivity contribution in [3.8, 4) is 0 Å². The van der Waals surface area contributed by atoms with E-state index in [4.69, 9.17) is 5.73 Å². The molecule has 1 rings (SSSR count). The highest BCUT2D eigenvalue weighted by Crippen LogP contribution is 1.92. The molecule has 7 heteroatoms. The molecule has 1 saturated heterocycles. The molecule has 0 aromatic carbocycles. The van der Waals surface area contributed by atoms with Gasteiger partial charge in [0.25, 0.3) is 0 Å². The van der Waals surface area contributed by atoms with E-state index in [0.29, 0.717) is 32.1 Å². The second kappa shape index (κ2) is 9.23. The quantitative estimate of drug-likeness (QED) is 0.260. The third-order valence-corrected chi connectivity index (χ3v) is 2.24. The van der Waals surface area contributed by atoms with Crippen molar-refractivity contribution in [3.63, 3.8) is 0 Å². The van der Waals surface area contributed by atoms with Crippen molar-refractivity contribution in [2.45, 2.75) is 0 Å². The van der Waals surface area contributed by atoms with Crippen LogP contribution in [0.1, 0.15) is 0 Å². The Bertz CT molecular complexity index is 282. The Morgan fingerprint density at radius 3 is 3.12 bits per heavy atom. The Balaban J connectivity index is 0.00000256. The van der Waals surface area contributed by atoms with Gasteiger partial charge in [-0.1, -0.05) is 6.08 Å². The van der Waals surface area contributed by atoms with Gasteiger partial charge in [-0.25, -0.2) is 0 Å². The highest BCUT2D eigenvalue weighted by Gasteiger charge is 2.14. The fourth-order valence-corrected chi connectivity index (χ4v) is 1.43. The summed E-state index contributed by atoms with van der Waals surface area (Å²) in [5.74, 6) is 0.495. The molecule has 0 aliphatic carbocycles. The molecular formula is C10H20IN5O. The van der Waals surface area contributed by atoms with Crippen molar-refractivity contribution in [2.24, 2.45) is 10.7 Å². The molecule has 0 atom stereocenters. The molecule has 1 aliphatic rings. The van der Waals surface area contributed by atoms with E-state index >= 15 is 0 Å². The number of halogens is 1. The second-order valence-electron chi connectivity index (χ2n) is 3.56. The number of piperazine rings is 1. The lowest BCUT2D eigenvalue weighted by Gasteiger charge is -2.25. The van der Waals surface area contributed by atoms with Crippen molar-refractivity contribution >= 4 is 35.8 Å². The monoisotopic (exact) mass is 353 g/mol. The summed E-state index contributed by atoms with van der Waals surface area (Å²) in [6.45, 7) is 7.58. The Morgan fingerprint density at radius 1 is 1.71 bits per heavy atom. The van der Waals surface area contributed by atoms with E-state index < -0.39 is 0 Å². The first kappa shape index (κ1) is 16.2. The maximum Gasteiger partial charge on any atom is 0.234 e. The number of rotatable bonds is 5. The minimum atomic E-state index is 0. The number of carbonyl (C=O) groups excluding carboxylic acids is 1. The van der Waals surface area contributed by atoms with Crippen LogP contribution in [0.15, 0.2) is 17.6 Å². The Morgan fingerprint density at radius 2 is 2.47 bits per heavy atom. The molecule has 0 aromatic rings. The van der Waals surface area contributed by atoms with E-state index in [9.17, 15) is 4.79 Å². The predicted molar refractivity (Wildman–Crippen MR) is 79.6 cm³/mol. The van der Waals surface area contributed by atoms with Crippen LogP contribution in [-0.2, 0) is 4.79 Å². The first-order chi connectivity index (χ1) is 7.72. The van der Waals surface area contributed by atoms with Crippen molar-refractivity contribution < 1.29 is 4.79 Å². The lowest BCUT2D eigenvalue weighted by molar-refractivity contribution is -0.124. The van der Waals surface area contributed by atoms with Crippen LogP contribution < -0.4 is 16.4 Å². The first-order valence-corrected chi connectivity index (χ1v) is 5.36. The second-order valence-corrected chi connectivity index (χ2v) is 3.56. The van der Waals surface area contributed by atoms with Gasteiger partial charge in [0.05, 0.1) is 13.1 Å². The van der Waals surface area contributed by atoms with Gasteiger partial charge >= 0.3 is 0 Å². The standard InChI is InChI=1S/C10H19N5O.HI/c1-2-3-13-10(11)14-5-7-15-6-4-12-9(16)8-15;/h2H,1,3-8H2,(H,12,16)(H3,11,13,14);1H. The molecule has 1 amide bonds. The van der Waals surface area contributed by atoms with Gasteiger partial charge in [-0.05, 0) is 0 Å². The van der Waals surface area contributed by atoms with Gasteiger partial charge in [-0.15, -0.1) is 30.6 Å². The Hall–Kier alpha value is -0.830. The van der Waals surface area contributed by atoms with E-state index in [1.807, 2.05) is 0 Å². The van der Waals surface area contributed by atoms with Gasteiger partial charge in [-0.2, -0.15) is 0 Å². The molecule has 0 unspecified atom stereocenters. The van der Waals surface area contributed by atoms with Crippen LogP contribution in [-0.4, -0.2) is 56.0 Å². The fourth-order valence-electron chi connectivity index (χ4n) is 1.43. The molecule has 0 radical (unpaired) electrons. The van der Waals surface area contributed by atoms with Crippen LogP contribution >= 0.6 is 24.0 Å². The summed E-state index contributed by atoms with van der Waals surface area (Å²) in [6.07, 6.45) is 1.72. The van der Waals surface area contributed by atoms with Gasteiger partial charge in [0, 0.05) is 26.2 Å². The zero-order chi connectivity index (χ0) is 11.8. The Labute approximate surface area is 119 Å². The number of aliphatic imine (C=N–C) groups is 1. The van der Waals surface area contributed by atoms with Crippen LogP contribution in [0, 0.1) is 0 Å². The molecule has 6 nitrogen and oxygen atoms in total. The summed E-state index contributed by atoms with van der Waals surface area (Å²) in [4.78, 5) is 17.3. The van der Waals surface area contributed by atoms with Crippen molar-refractivity contribution in [2.75, 3.05) is 39.3 Å². The maximum atomic E-state index is 11.1. The van der Waals surface area contributed by atoms with Gasteiger partial charge in [0.15, 0.2) is 5.96 Å². The summed E-state index contributed by atoms with van der Waals surface area (Å²) in [6, 6.07) is 0. The van der Waals surface area contributed by atoms with Crippen molar-refractivity contribution in [1.29, 1.82) is 0 Å². The van der Waals surface area contributed by atoms with Crippen LogP contribution in [0.2, 0.25) is 0 Å². The van der Waals surface area contributed by atoms with Crippen molar-refractivity contribution in [1.82, 2.24) is 15.5 Å². The highest BCUT2D eigenvalue weighted by atomic mass is 127. The number of nitrogens with two attached hydrogens (primary N) is 1. The SMILES string of the molecule is C=CCNC(N)=NCCN1CCNC(=O)C1.I. The number of carbonyl (C=O) groups is 1. The van der Waals surface area contributed by atoms with Crippen LogP contribution in [0.4, 0.5) is 0 Å². The molecular weight excluding hydrogens is 333 g/mol. The molecule has 4 N–H and O–H groups in total. The molecule has 0 spiro atoms. The molecule has 17 heavy (non-hydrogen) atoms. The number of nitrogens with one attached hydrogen (secondary N) is 2. The van der Waals surface area contributed by atoms with E-state index in [2.05, 4.69) is 27.1 Å². The van der Waals surface area contributed by atoms with Crippen LogP contribution in [0.5, 0.6) is 0 Å². The number of nitrogens with zero attached hydrogens (tertiary/aromatic N) is 2. The molecule has 0 saturated carbocycles. The van der Waals surface area contributed by atoms with E-state index in [1.54, 1.807) is 6.08 Å². The highest BCUT2D eigenvalue weighted by molar-refractivity contribution is 14.0. The minimum Gasteiger partial charge on any atom is -0.370 e. The third-order valence-electron chi connectivity index (χ3n) is 2.24. The van der Waals surface area contributed by atoms with Crippen LogP contribution in [0.25, 0.3) is 0 Å². The summed E-state index contributed by atoms with van der Waals surface area (Å²) in [7, 11) is 0. The van der Waals surface area contributed by atoms with E-state index in [0.717, 1.165) is 13.1 Å². The zero-order valence-electron chi connectivity index (χ0n) is 9.82. The lowest BCUT2D eigenvalue weighted by atomic mass is 10.3. The predicted octanol–water partition coefficient (Wildman–Crippen LogP) is -0.873. The number of hydrogen-bond donors (Lipinski definition) is 3. The zero-order valence-corrected chi connectivity index (χ0v) is 12.1. The van der Waals surface area contributed by atoms with E-state index in [1.165, 1.54) is 0 Å². The average molecular weight is 353 g/mol. The van der Waals surface area contributed by atoms with Gasteiger partial charge in [0.1, 0.15) is 0 Å². The molecule has 1 aliphatic heterocycles. The maximum absolute atomic E-state index is 11.1. The van der Waals surface area contributed by atoms with Gasteiger partial charge in [0.2, 0.25) is 5.91 Å². The summed E-state index contributed by atoms with van der Waals surface area (Å²) < 4.78 is 0. The lowest BCUT2D eigenvalue weighted by Crippen LogP contribution is -2.48. The summed E-state index contributed by atoms with van der Waals surface area (Å²) in [5.41, 5.74) is 5.60. The topological polar surface area (TPSA) is 82.8 Å². The van der Waals surface area contributed by atoms with Gasteiger partial charge in [-0.3, -0.25) is 14.7 Å². The molecule has 0 aromatic heterocycles. The average Bonchev–Trinajstić information content (AvgIpc) is 2.26. The van der Waals surface area contributed by atoms with Gasteiger partial charge < -0.3 is 16.4 Å². The number of guanidine groups is 1. The minimum absolute atomic E-state index is 0. The Kier molecular flexibility index (Phi) is 8.78. The van der Waals surface area contributed by atoms with E-state index in [-0.39, 0.29) is 29.9 Å². The fraction of sp³-hybridized carbons (Fsp3) is 0.600. The van der Waals surface area contributed by atoms with Crippen molar-refractivity contribution in [3.05, 3.63) is 12.7 Å². The normalized spacial score (nSPS) is 16.9. The smallest absolute Gasteiger partial charge is 0.234 e. The molecule has 1 heterocycles. The summed E-state index contributed by atoms with van der Waals surface area (Å²) in [5, 5.41) is 5.67. The summed E-state index contributed by atoms with van der Waals surface area (Å²) >= 11 is 0. The number of amides is 1. The largest absolute Gasteiger partial charge is 0.370 e. The molecule has 1 fully saturated rings.